The molecule has 0 radical (unpaired) electrons. The SMILES string of the molecule is CCCO/N=C(/C(=O)O)c1csc(NC(=O)CCl)n1. The molecule has 2 N–H and O–H groups in total. The molecule has 0 fully saturated rings. The molecule has 0 aliphatic carbocycles. The van der Waals surface area contributed by atoms with Crippen LogP contribution in [0.2, 0.25) is 0 Å². The summed E-state index contributed by atoms with van der Waals surface area (Å²) in [5.74, 6) is -1.87. The summed E-state index contributed by atoms with van der Waals surface area (Å²) in [6.45, 7) is 2.19. The van der Waals surface area contributed by atoms with Crippen molar-refractivity contribution in [2.45, 2.75) is 13.3 Å². The Hall–Kier alpha value is -1.67. The number of carboxylic acid groups (broad SMARTS) is 1. The number of rotatable bonds is 7. The highest BCUT2D eigenvalue weighted by Crippen LogP contribution is 2.16. The van der Waals surface area contributed by atoms with Crippen molar-refractivity contribution in [3.8, 4) is 0 Å². The molecule has 0 aliphatic heterocycles. The predicted octanol–water partition coefficient (Wildman–Crippen LogP) is 1.54. The minimum atomic E-state index is -1.25. The summed E-state index contributed by atoms with van der Waals surface area (Å²) in [6, 6.07) is 0. The van der Waals surface area contributed by atoms with Gasteiger partial charge in [0.1, 0.15) is 18.2 Å². The second-order valence-corrected chi connectivity index (χ2v) is 4.42. The molecule has 1 rings (SSSR count). The summed E-state index contributed by atoms with van der Waals surface area (Å²) < 4.78 is 0. The molecule has 0 aromatic carbocycles. The molecule has 1 aromatic rings. The van der Waals surface area contributed by atoms with Crippen LogP contribution in [-0.4, -0.2) is 40.2 Å². The summed E-state index contributed by atoms with van der Waals surface area (Å²) in [6.07, 6.45) is 0.713. The second kappa shape index (κ2) is 7.70. The third kappa shape index (κ3) is 4.84. The number of carboxylic acids is 1. The zero-order chi connectivity index (χ0) is 14.3. The first-order chi connectivity index (χ1) is 9.08. The Kier molecular flexibility index (Phi) is 6.23. The number of anilines is 1. The summed E-state index contributed by atoms with van der Waals surface area (Å²) in [5, 5.41) is 16.7. The number of carbonyl (C=O) groups excluding carboxylic acids is 1. The zero-order valence-corrected chi connectivity index (χ0v) is 11.6. The van der Waals surface area contributed by atoms with E-state index in [9.17, 15) is 9.59 Å². The van der Waals surface area contributed by atoms with Gasteiger partial charge in [-0.2, -0.15) is 0 Å². The molecule has 0 bridgehead atoms. The highest BCUT2D eigenvalue weighted by molar-refractivity contribution is 7.14. The van der Waals surface area contributed by atoms with Gasteiger partial charge in [-0.15, -0.1) is 22.9 Å². The number of carbonyl (C=O) groups is 2. The molecule has 0 unspecified atom stereocenters. The van der Waals surface area contributed by atoms with Crippen LogP contribution >= 0.6 is 22.9 Å². The normalized spacial score (nSPS) is 11.2. The van der Waals surface area contributed by atoms with Crippen molar-refractivity contribution in [3.63, 3.8) is 0 Å². The number of hydrogen-bond donors (Lipinski definition) is 2. The monoisotopic (exact) mass is 305 g/mol. The lowest BCUT2D eigenvalue weighted by Crippen LogP contribution is -2.16. The molecule has 1 aromatic heterocycles. The first-order valence-corrected chi connectivity index (χ1v) is 6.74. The van der Waals surface area contributed by atoms with Crippen LogP contribution < -0.4 is 5.32 Å². The molecule has 0 aliphatic rings. The number of aliphatic carboxylic acids is 1. The Morgan fingerprint density at radius 3 is 2.95 bits per heavy atom. The van der Waals surface area contributed by atoms with E-state index in [0.29, 0.717) is 13.0 Å². The summed E-state index contributed by atoms with van der Waals surface area (Å²) >= 11 is 6.41. The van der Waals surface area contributed by atoms with Gasteiger partial charge >= 0.3 is 5.97 Å². The van der Waals surface area contributed by atoms with Crippen molar-refractivity contribution in [2.24, 2.45) is 5.16 Å². The second-order valence-electron chi connectivity index (χ2n) is 3.30. The lowest BCUT2D eigenvalue weighted by Gasteiger charge is -1.99. The minimum absolute atomic E-state index is 0.124. The van der Waals surface area contributed by atoms with E-state index in [1.807, 2.05) is 6.92 Å². The van der Waals surface area contributed by atoms with Gasteiger partial charge in [0.2, 0.25) is 11.6 Å². The quantitative estimate of drug-likeness (QED) is 0.344. The van der Waals surface area contributed by atoms with E-state index in [-0.39, 0.29) is 22.4 Å². The van der Waals surface area contributed by atoms with Gasteiger partial charge in [-0.3, -0.25) is 4.79 Å². The van der Waals surface area contributed by atoms with Crippen LogP contribution in [0.5, 0.6) is 0 Å². The van der Waals surface area contributed by atoms with Crippen LogP contribution in [0.1, 0.15) is 19.0 Å². The Bertz CT molecular complexity index is 489. The molecule has 1 amide bonds. The van der Waals surface area contributed by atoms with Crippen molar-refractivity contribution in [1.82, 2.24) is 4.98 Å². The molecule has 0 saturated heterocycles. The molecule has 0 atom stereocenters. The lowest BCUT2D eigenvalue weighted by molar-refractivity contribution is -0.129. The summed E-state index contributed by atoms with van der Waals surface area (Å²) in [7, 11) is 0. The first kappa shape index (κ1) is 15.4. The summed E-state index contributed by atoms with van der Waals surface area (Å²) in [4.78, 5) is 30.9. The van der Waals surface area contributed by atoms with Crippen LogP contribution in [0.25, 0.3) is 0 Å². The highest BCUT2D eigenvalue weighted by atomic mass is 35.5. The molecular formula is C10H12ClN3O4S. The number of hydrogen-bond acceptors (Lipinski definition) is 6. The molecule has 9 heteroatoms. The van der Waals surface area contributed by atoms with Gasteiger partial charge in [-0.1, -0.05) is 12.1 Å². The third-order valence-corrected chi connectivity index (χ3v) is 2.77. The standard InChI is InChI=1S/C10H12ClN3O4S/c1-2-3-18-14-8(9(16)17)6-5-19-10(12-6)13-7(15)4-11/h5H,2-4H2,1H3,(H,16,17)(H,12,13,15)/b14-8+. The van der Waals surface area contributed by atoms with Gasteiger partial charge in [0.15, 0.2) is 5.13 Å². The maximum Gasteiger partial charge on any atom is 0.360 e. The number of halogens is 1. The maximum absolute atomic E-state index is 11.1. The van der Waals surface area contributed by atoms with Gasteiger partial charge in [-0.25, -0.2) is 9.78 Å². The average molecular weight is 306 g/mol. The predicted molar refractivity (Wildman–Crippen MR) is 71.9 cm³/mol. The van der Waals surface area contributed by atoms with Crippen LogP contribution in [0.15, 0.2) is 10.5 Å². The van der Waals surface area contributed by atoms with E-state index in [2.05, 4.69) is 15.5 Å². The Morgan fingerprint density at radius 1 is 1.63 bits per heavy atom. The van der Waals surface area contributed by atoms with E-state index in [1.54, 1.807) is 0 Å². The smallest absolute Gasteiger partial charge is 0.360 e. The Morgan fingerprint density at radius 2 is 2.37 bits per heavy atom. The van der Waals surface area contributed by atoms with Crippen LogP contribution in [0.3, 0.4) is 0 Å². The first-order valence-electron chi connectivity index (χ1n) is 5.33. The minimum Gasteiger partial charge on any atom is -0.476 e. The van der Waals surface area contributed by atoms with Crippen LogP contribution in [0.4, 0.5) is 5.13 Å². The van der Waals surface area contributed by atoms with E-state index < -0.39 is 11.9 Å². The fourth-order valence-electron chi connectivity index (χ4n) is 0.989. The number of alkyl halides is 1. The molecule has 0 spiro atoms. The van der Waals surface area contributed by atoms with Gasteiger partial charge in [0.25, 0.3) is 0 Å². The number of nitrogens with zero attached hydrogens (tertiary/aromatic N) is 2. The van der Waals surface area contributed by atoms with E-state index in [4.69, 9.17) is 21.5 Å². The average Bonchev–Trinajstić information content (AvgIpc) is 2.82. The molecule has 0 saturated carbocycles. The molecule has 1 heterocycles. The molecule has 7 nitrogen and oxygen atoms in total. The third-order valence-electron chi connectivity index (χ3n) is 1.77. The number of amides is 1. The Labute approximate surface area is 118 Å². The fourth-order valence-corrected chi connectivity index (χ4v) is 1.77. The van der Waals surface area contributed by atoms with Crippen LogP contribution in [0, 0.1) is 0 Å². The number of nitrogens with one attached hydrogen (secondary N) is 1. The molecular weight excluding hydrogens is 294 g/mol. The van der Waals surface area contributed by atoms with Crippen molar-refractivity contribution < 1.29 is 19.5 Å². The summed E-state index contributed by atoms with van der Waals surface area (Å²) in [5.41, 5.74) is -0.186. The van der Waals surface area contributed by atoms with Gasteiger partial charge in [-0.05, 0) is 6.42 Å². The van der Waals surface area contributed by atoms with E-state index >= 15 is 0 Å². The lowest BCUT2D eigenvalue weighted by atomic mass is 10.3. The Balaban J connectivity index is 2.83. The maximum atomic E-state index is 11.1. The van der Waals surface area contributed by atoms with Crippen molar-refractivity contribution in [1.29, 1.82) is 0 Å². The van der Waals surface area contributed by atoms with Crippen molar-refractivity contribution in [3.05, 3.63) is 11.1 Å². The topological polar surface area (TPSA) is 101 Å². The zero-order valence-electron chi connectivity index (χ0n) is 10.1. The van der Waals surface area contributed by atoms with Crippen molar-refractivity contribution >= 4 is 45.7 Å². The van der Waals surface area contributed by atoms with Gasteiger partial charge < -0.3 is 15.3 Å². The van der Waals surface area contributed by atoms with E-state index in [1.165, 1.54) is 5.38 Å². The van der Waals surface area contributed by atoms with Crippen molar-refractivity contribution in [2.75, 3.05) is 17.8 Å². The van der Waals surface area contributed by atoms with Crippen LogP contribution in [-0.2, 0) is 14.4 Å². The van der Waals surface area contributed by atoms with E-state index in [0.717, 1.165) is 11.3 Å². The fraction of sp³-hybridized carbons (Fsp3) is 0.400. The molecule has 104 valence electrons. The highest BCUT2D eigenvalue weighted by Gasteiger charge is 2.18. The number of oxime groups is 1. The van der Waals surface area contributed by atoms with Gasteiger partial charge in [0.05, 0.1) is 0 Å². The largest absolute Gasteiger partial charge is 0.476 e. The number of thiazole rings is 1. The number of aromatic nitrogens is 1. The van der Waals surface area contributed by atoms with Gasteiger partial charge in [0, 0.05) is 5.38 Å². The molecule has 19 heavy (non-hydrogen) atoms.